The molecule has 1 fully saturated rings. The highest BCUT2D eigenvalue weighted by Gasteiger charge is 2.15. The van der Waals surface area contributed by atoms with E-state index in [0.29, 0.717) is 12.3 Å². The fourth-order valence-corrected chi connectivity index (χ4v) is 3.33. The molecule has 1 heterocycles. The van der Waals surface area contributed by atoms with Crippen LogP contribution in [-0.2, 0) is 16.1 Å². The third-order valence-corrected chi connectivity index (χ3v) is 4.72. The zero-order valence-corrected chi connectivity index (χ0v) is 16.3. The van der Waals surface area contributed by atoms with E-state index in [1.54, 1.807) is 13.2 Å². The molecule has 0 spiro atoms. The summed E-state index contributed by atoms with van der Waals surface area (Å²) in [6.45, 7) is 4.00. The fourth-order valence-electron chi connectivity index (χ4n) is 3.33. The maximum Gasteiger partial charge on any atom is 0.279 e. The number of halogens is 1. The van der Waals surface area contributed by atoms with Crippen LogP contribution in [0.15, 0.2) is 42.5 Å². The molecular formula is C21H27FN3O3+. The topological polar surface area (TPSA) is 55.2 Å². The van der Waals surface area contributed by atoms with Gasteiger partial charge < -0.3 is 24.6 Å². The summed E-state index contributed by atoms with van der Waals surface area (Å²) in [6, 6.07) is 12.3. The number of methoxy groups -OCH3 is 1. The molecule has 3 rings (SSSR count). The standard InChI is InChI=1S/C21H26FN3O3/c1-24(14-16-13-17(22)3-8-20(16)27-2)15-21(26)23-18-4-6-19(7-5-18)25-9-11-28-12-10-25/h3-8,13H,9-12,14-15H2,1-2H3,(H,23,26)/p+1. The number of nitrogens with zero attached hydrogens (tertiary/aromatic N) is 1. The highest BCUT2D eigenvalue weighted by atomic mass is 19.1. The number of amides is 1. The van der Waals surface area contributed by atoms with Gasteiger partial charge in [-0.1, -0.05) is 0 Å². The van der Waals surface area contributed by atoms with Crippen LogP contribution in [0.4, 0.5) is 15.8 Å². The molecule has 1 atom stereocenters. The summed E-state index contributed by atoms with van der Waals surface area (Å²) < 4.78 is 24.1. The molecule has 1 unspecified atom stereocenters. The molecule has 2 aromatic carbocycles. The first-order valence-corrected chi connectivity index (χ1v) is 9.41. The molecule has 2 aromatic rings. The van der Waals surface area contributed by atoms with E-state index in [2.05, 4.69) is 10.2 Å². The predicted molar refractivity (Wildman–Crippen MR) is 107 cm³/mol. The second-order valence-electron chi connectivity index (χ2n) is 6.96. The smallest absolute Gasteiger partial charge is 0.279 e. The van der Waals surface area contributed by atoms with Crippen LogP contribution in [0.2, 0.25) is 0 Å². The summed E-state index contributed by atoms with van der Waals surface area (Å²) in [5, 5.41) is 2.92. The highest BCUT2D eigenvalue weighted by molar-refractivity contribution is 5.91. The van der Waals surface area contributed by atoms with Gasteiger partial charge in [-0.2, -0.15) is 0 Å². The van der Waals surface area contributed by atoms with Gasteiger partial charge >= 0.3 is 0 Å². The maximum atomic E-state index is 13.5. The van der Waals surface area contributed by atoms with Gasteiger partial charge in [-0.25, -0.2) is 4.39 Å². The van der Waals surface area contributed by atoms with Gasteiger partial charge in [-0.05, 0) is 42.5 Å². The molecule has 2 N–H and O–H groups in total. The van der Waals surface area contributed by atoms with Gasteiger partial charge in [0.1, 0.15) is 18.1 Å². The Morgan fingerprint density at radius 3 is 2.61 bits per heavy atom. The van der Waals surface area contributed by atoms with E-state index in [1.165, 1.54) is 12.1 Å². The molecule has 0 bridgehead atoms. The van der Waals surface area contributed by atoms with Gasteiger partial charge in [0.2, 0.25) is 0 Å². The average Bonchev–Trinajstić information content (AvgIpc) is 2.69. The molecule has 28 heavy (non-hydrogen) atoms. The lowest BCUT2D eigenvalue weighted by atomic mass is 10.2. The molecule has 1 aliphatic heterocycles. The molecule has 0 radical (unpaired) electrons. The van der Waals surface area contributed by atoms with Crippen molar-refractivity contribution in [2.75, 3.05) is 57.2 Å². The Labute approximate surface area is 164 Å². The first kappa shape index (κ1) is 20.1. The number of quaternary nitrogens is 1. The second-order valence-corrected chi connectivity index (χ2v) is 6.96. The minimum atomic E-state index is -0.312. The zero-order valence-electron chi connectivity index (χ0n) is 16.3. The monoisotopic (exact) mass is 388 g/mol. The number of rotatable bonds is 7. The highest BCUT2D eigenvalue weighted by Crippen LogP contribution is 2.19. The number of carbonyl (C=O) groups excluding carboxylic acids is 1. The lowest BCUT2D eigenvalue weighted by molar-refractivity contribution is -0.885. The maximum absolute atomic E-state index is 13.5. The Morgan fingerprint density at radius 1 is 1.21 bits per heavy atom. The zero-order chi connectivity index (χ0) is 19.9. The summed E-state index contributed by atoms with van der Waals surface area (Å²) in [4.78, 5) is 15.6. The van der Waals surface area contributed by atoms with Crippen molar-refractivity contribution in [2.24, 2.45) is 0 Å². The largest absolute Gasteiger partial charge is 0.496 e. The van der Waals surface area contributed by atoms with Gasteiger partial charge in [0.05, 0.1) is 32.9 Å². The number of hydrogen-bond acceptors (Lipinski definition) is 4. The summed E-state index contributed by atoms with van der Waals surface area (Å²) in [7, 11) is 3.45. The van der Waals surface area contributed by atoms with Gasteiger partial charge in [-0.3, -0.25) is 4.79 Å². The normalized spacial score (nSPS) is 15.2. The van der Waals surface area contributed by atoms with Crippen LogP contribution < -0.4 is 19.9 Å². The van der Waals surface area contributed by atoms with Crippen LogP contribution in [0.3, 0.4) is 0 Å². The molecule has 1 amide bonds. The molecule has 0 aliphatic carbocycles. The van der Waals surface area contributed by atoms with Crippen molar-refractivity contribution in [3.63, 3.8) is 0 Å². The van der Waals surface area contributed by atoms with E-state index in [-0.39, 0.29) is 18.3 Å². The van der Waals surface area contributed by atoms with Crippen molar-refractivity contribution in [1.29, 1.82) is 0 Å². The van der Waals surface area contributed by atoms with Crippen LogP contribution in [0, 0.1) is 5.82 Å². The SMILES string of the molecule is COc1ccc(F)cc1C[NH+](C)CC(=O)Nc1ccc(N2CCOCC2)cc1. The number of likely N-dealkylation sites (N-methyl/N-ethyl adjacent to an activating group) is 1. The summed E-state index contributed by atoms with van der Waals surface area (Å²) >= 11 is 0. The van der Waals surface area contributed by atoms with Crippen LogP contribution in [0.1, 0.15) is 5.56 Å². The summed E-state index contributed by atoms with van der Waals surface area (Å²) in [5.41, 5.74) is 2.63. The van der Waals surface area contributed by atoms with Crippen molar-refractivity contribution < 1.29 is 23.6 Å². The van der Waals surface area contributed by atoms with Crippen LogP contribution in [-0.4, -0.2) is 52.9 Å². The number of morpholine rings is 1. The number of carbonyl (C=O) groups is 1. The lowest BCUT2D eigenvalue weighted by Crippen LogP contribution is -3.08. The lowest BCUT2D eigenvalue weighted by Gasteiger charge is -2.28. The first-order chi connectivity index (χ1) is 13.5. The molecule has 1 aliphatic rings. The summed E-state index contributed by atoms with van der Waals surface area (Å²) in [6.07, 6.45) is 0. The van der Waals surface area contributed by atoms with Gasteiger partial charge in [0.15, 0.2) is 6.54 Å². The van der Waals surface area contributed by atoms with Gasteiger partial charge in [0.25, 0.3) is 5.91 Å². The minimum absolute atomic E-state index is 0.0907. The molecule has 0 aromatic heterocycles. The molecule has 1 saturated heterocycles. The van der Waals surface area contributed by atoms with E-state index in [1.807, 2.05) is 31.3 Å². The molecule has 6 nitrogen and oxygen atoms in total. The van der Waals surface area contributed by atoms with E-state index < -0.39 is 0 Å². The van der Waals surface area contributed by atoms with Crippen molar-refractivity contribution >= 4 is 17.3 Å². The molecule has 0 saturated carbocycles. The Morgan fingerprint density at radius 2 is 1.93 bits per heavy atom. The number of benzene rings is 2. The number of ether oxygens (including phenoxy) is 2. The van der Waals surface area contributed by atoms with E-state index in [9.17, 15) is 9.18 Å². The molecule has 7 heteroatoms. The van der Waals surface area contributed by atoms with Crippen molar-refractivity contribution in [3.8, 4) is 5.75 Å². The fraction of sp³-hybridized carbons (Fsp3) is 0.381. The number of nitrogens with one attached hydrogen (secondary N) is 2. The van der Waals surface area contributed by atoms with Crippen molar-refractivity contribution in [3.05, 3.63) is 53.8 Å². The number of anilines is 2. The van der Waals surface area contributed by atoms with Crippen LogP contribution in [0.25, 0.3) is 0 Å². The van der Waals surface area contributed by atoms with Gasteiger partial charge in [0, 0.05) is 24.5 Å². The van der Waals surface area contributed by atoms with E-state index >= 15 is 0 Å². The minimum Gasteiger partial charge on any atom is -0.496 e. The molecular weight excluding hydrogens is 361 g/mol. The Hall–Kier alpha value is -2.64. The van der Waals surface area contributed by atoms with Crippen molar-refractivity contribution in [2.45, 2.75) is 6.54 Å². The van der Waals surface area contributed by atoms with E-state index in [0.717, 1.165) is 48.1 Å². The third-order valence-electron chi connectivity index (χ3n) is 4.72. The Balaban J connectivity index is 1.52. The first-order valence-electron chi connectivity index (χ1n) is 9.41. The van der Waals surface area contributed by atoms with E-state index in [4.69, 9.17) is 9.47 Å². The van der Waals surface area contributed by atoms with Crippen LogP contribution in [0.5, 0.6) is 5.75 Å². The van der Waals surface area contributed by atoms with Crippen LogP contribution >= 0.6 is 0 Å². The second kappa shape index (κ2) is 9.52. The average molecular weight is 388 g/mol. The van der Waals surface area contributed by atoms with Gasteiger partial charge in [-0.15, -0.1) is 0 Å². The predicted octanol–water partition coefficient (Wildman–Crippen LogP) is 1.32. The quantitative estimate of drug-likeness (QED) is 0.751. The summed E-state index contributed by atoms with van der Waals surface area (Å²) in [5.74, 6) is 0.222. The Kier molecular flexibility index (Phi) is 6.84. The van der Waals surface area contributed by atoms with Crippen molar-refractivity contribution in [1.82, 2.24) is 0 Å². The number of hydrogen-bond donors (Lipinski definition) is 2. The Bertz CT molecular complexity index is 792. The third kappa shape index (κ3) is 5.43. The molecule has 150 valence electrons.